The number of rotatable bonds is 9. The van der Waals surface area contributed by atoms with Gasteiger partial charge in [-0.3, -0.25) is 4.79 Å². The van der Waals surface area contributed by atoms with Crippen molar-refractivity contribution >= 4 is 30.1 Å². The van der Waals surface area contributed by atoms with Crippen LogP contribution in [0.4, 0.5) is 0 Å². The molecular formula is C13H23ClN4O2S. The lowest BCUT2D eigenvalue weighted by Crippen LogP contribution is -2.33. The highest BCUT2D eigenvalue weighted by molar-refractivity contribution is 7.99. The molecule has 0 aliphatic carbocycles. The maximum absolute atomic E-state index is 11.6. The maximum atomic E-state index is 11.6. The lowest BCUT2D eigenvalue weighted by atomic mass is 10.4. The van der Waals surface area contributed by atoms with Gasteiger partial charge in [0.05, 0.1) is 12.4 Å². The number of aromatic nitrogens is 2. The van der Waals surface area contributed by atoms with Crippen molar-refractivity contribution in [3.63, 3.8) is 0 Å². The second-order valence-corrected chi connectivity index (χ2v) is 5.26. The van der Waals surface area contributed by atoms with E-state index in [1.165, 1.54) is 11.8 Å². The number of ether oxygens (including phenoxy) is 1. The van der Waals surface area contributed by atoms with Gasteiger partial charge in [0.1, 0.15) is 0 Å². The SMILES string of the molecule is COCCNCCNC(=O)CSc1nc(C)cc(C)n1.Cl. The third-order valence-electron chi connectivity index (χ3n) is 2.40. The highest BCUT2D eigenvalue weighted by atomic mass is 35.5. The van der Waals surface area contributed by atoms with Gasteiger partial charge >= 0.3 is 0 Å². The number of hydrogen-bond acceptors (Lipinski definition) is 6. The van der Waals surface area contributed by atoms with Gasteiger partial charge in [-0.05, 0) is 19.9 Å². The van der Waals surface area contributed by atoms with Gasteiger partial charge in [0.15, 0.2) is 5.16 Å². The molecular weight excluding hydrogens is 312 g/mol. The summed E-state index contributed by atoms with van der Waals surface area (Å²) in [6, 6.07) is 1.91. The van der Waals surface area contributed by atoms with Crippen LogP contribution in [0.5, 0.6) is 0 Å². The summed E-state index contributed by atoms with van der Waals surface area (Å²) < 4.78 is 4.91. The zero-order valence-electron chi connectivity index (χ0n) is 12.6. The molecule has 0 spiro atoms. The number of nitrogens with one attached hydrogen (secondary N) is 2. The van der Waals surface area contributed by atoms with Gasteiger partial charge in [0, 0.05) is 38.1 Å². The largest absolute Gasteiger partial charge is 0.383 e. The lowest BCUT2D eigenvalue weighted by Gasteiger charge is -2.06. The number of methoxy groups -OCH3 is 1. The van der Waals surface area contributed by atoms with Gasteiger partial charge in [0.25, 0.3) is 0 Å². The van der Waals surface area contributed by atoms with E-state index in [4.69, 9.17) is 4.74 Å². The van der Waals surface area contributed by atoms with E-state index in [2.05, 4.69) is 20.6 Å². The molecule has 1 aromatic rings. The molecule has 0 unspecified atom stereocenters. The molecule has 1 amide bonds. The van der Waals surface area contributed by atoms with Gasteiger partial charge in [-0.1, -0.05) is 11.8 Å². The Kier molecular flexibility index (Phi) is 11.2. The average Bonchev–Trinajstić information content (AvgIpc) is 2.39. The predicted octanol–water partition coefficient (Wildman–Crippen LogP) is 0.960. The first-order chi connectivity index (χ1) is 9.61. The van der Waals surface area contributed by atoms with Crippen LogP contribution in [0, 0.1) is 13.8 Å². The van der Waals surface area contributed by atoms with Gasteiger partial charge in [-0.25, -0.2) is 9.97 Å². The van der Waals surface area contributed by atoms with Gasteiger partial charge in [-0.2, -0.15) is 0 Å². The summed E-state index contributed by atoms with van der Waals surface area (Å²) in [6.07, 6.45) is 0. The summed E-state index contributed by atoms with van der Waals surface area (Å²) in [5.74, 6) is 0.326. The first-order valence-electron chi connectivity index (χ1n) is 6.53. The number of aryl methyl sites for hydroxylation is 2. The van der Waals surface area contributed by atoms with Crippen LogP contribution in [0.1, 0.15) is 11.4 Å². The van der Waals surface area contributed by atoms with Crippen LogP contribution in [-0.4, -0.2) is 55.0 Å². The monoisotopic (exact) mass is 334 g/mol. The quantitative estimate of drug-likeness (QED) is 0.398. The molecule has 6 nitrogen and oxygen atoms in total. The number of carbonyl (C=O) groups is 1. The Morgan fingerprint density at radius 3 is 2.52 bits per heavy atom. The van der Waals surface area contributed by atoms with Crippen molar-refractivity contribution in [3.8, 4) is 0 Å². The predicted molar refractivity (Wildman–Crippen MR) is 87.2 cm³/mol. The minimum Gasteiger partial charge on any atom is -0.383 e. The van der Waals surface area contributed by atoms with Crippen molar-refractivity contribution in [1.82, 2.24) is 20.6 Å². The van der Waals surface area contributed by atoms with Gasteiger partial charge in [0.2, 0.25) is 5.91 Å². The number of amides is 1. The minimum absolute atomic E-state index is 0. The molecule has 0 aliphatic heterocycles. The summed E-state index contributed by atoms with van der Waals surface area (Å²) in [6.45, 7) is 6.65. The van der Waals surface area contributed by atoms with Crippen LogP contribution in [0.2, 0.25) is 0 Å². The molecule has 0 saturated heterocycles. The third-order valence-corrected chi connectivity index (χ3v) is 3.25. The van der Waals surface area contributed by atoms with E-state index >= 15 is 0 Å². The van der Waals surface area contributed by atoms with Crippen molar-refractivity contribution in [2.24, 2.45) is 0 Å². The molecule has 0 saturated carbocycles. The number of hydrogen-bond donors (Lipinski definition) is 2. The van der Waals surface area contributed by atoms with Crippen molar-refractivity contribution in [2.75, 3.05) is 39.1 Å². The van der Waals surface area contributed by atoms with Crippen LogP contribution in [0.3, 0.4) is 0 Å². The zero-order valence-corrected chi connectivity index (χ0v) is 14.3. The Labute approximate surface area is 136 Å². The number of nitrogens with zero attached hydrogens (tertiary/aromatic N) is 2. The molecule has 0 aliphatic rings. The fraction of sp³-hybridized carbons (Fsp3) is 0.615. The van der Waals surface area contributed by atoms with E-state index in [0.29, 0.717) is 24.1 Å². The molecule has 0 bridgehead atoms. The van der Waals surface area contributed by atoms with Crippen molar-refractivity contribution in [2.45, 2.75) is 19.0 Å². The van der Waals surface area contributed by atoms with E-state index in [9.17, 15) is 4.79 Å². The van der Waals surface area contributed by atoms with Crippen molar-refractivity contribution < 1.29 is 9.53 Å². The van der Waals surface area contributed by atoms with E-state index in [0.717, 1.165) is 24.5 Å². The minimum atomic E-state index is -0.00805. The zero-order chi connectivity index (χ0) is 14.8. The Morgan fingerprint density at radius 1 is 1.24 bits per heavy atom. The topological polar surface area (TPSA) is 76.1 Å². The molecule has 21 heavy (non-hydrogen) atoms. The molecule has 8 heteroatoms. The molecule has 0 aromatic carbocycles. The Hall–Kier alpha value is -0.890. The van der Waals surface area contributed by atoms with Crippen LogP contribution < -0.4 is 10.6 Å². The summed E-state index contributed by atoms with van der Waals surface area (Å²) in [5.41, 5.74) is 1.84. The lowest BCUT2D eigenvalue weighted by molar-refractivity contribution is -0.118. The van der Waals surface area contributed by atoms with Crippen LogP contribution in [0.15, 0.2) is 11.2 Å². The standard InChI is InChI=1S/C13H22N4O2S.ClH/c1-10-8-11(2)17-13(16-10)20-9-12(18)15-5-4-14-6-7-19-3;/h8,14H,4-7,9H2,1-3H3,(H,15,18);1H. The van der Waals surface area contributed by atoms with Crippen LogP contribution in [0.25, 0.3) is 0 Å². The smallest absolute Gasteiger partial charge is 0.230 e. The first-order valence-corrected chi connectivity index (χ1v) is 7.52. The molecule has 1 aromatic heterocycles. The third kappa shape index (κ3) is 9.62. The second-order valence-electron chi connectivity index (χ2n) is 4.31. The molecule has 0 fully saturated rings. The molecule has 2 N–H and O–H groups in total. The summed E-state index contributed by atoms with van der Waals surface area (Å²) in [5, 5.41) is 6.65. The Bertz CT molecular complexity index is 414. The summed E-state index contributed by atoms with van der Waals surface area (Å²) in [7, 11) is 1.66. The van der Waals surface area contributed by atoms with E-state index in [1.54, 1.807) is 7.11 Å². The molecule has 0 radical (unpaired) electrons. The van der Waals surface area contributed by atoms with Crippen molar-refractivity contribution in [3.05, 3.63) is 17.5 Å². The van der Waals surface area contributed by atoms with Gasteiger partial charge < -0.3 is 15.4 Å². The normalized spacial score (nSPS) is 10.0. The number of halogens is 1. The first kappa shape index (κ1) is 20.1. The molecule has 120 valence electrons. The number of thioether (sulfide) groups is 1. The van der Waals surface area contributed by atoms with E-state index in [1.807, 2.05) is 19.9 Å². The van der Waals surface area contributed by atoms with Crippen LogP contribution in [-0.2, 0) is 9.53 Å². The van der Waals surface area contributed by atoms with Gasteiger partial charge in [-0.15, -0.1) is 12.4 Å². The average molecular weight is 335 g/mol. The Balaban J connectivity index is 0.00000400. The summed E-state index contributed by atoms with van der Waals surface area (Å²) >= 11 is 1.35. The Morgan fingerprint density at radius 2 is 1.90 bits per heavy atom. The fourth-order valence-corrected chi connectivity index (χ4v) is 2.31. The summed E-state index contributed by atoms with van der Waals surface area (Å²) in [4.78, 5) is 20.2. The number of carbonyl (C=O) groups excluding carboxylic acids is 1. The highest BCUT2D eigenvalue weighted by Crippen LogP contribution is 2.13. The molecule has 1 rings (SSSR count). The van der Waals surface area contributed by atoms with E-state index < -0.39 is 0 Å². The maximum Gasteiger partial charge on any atom is 0.230 e. The fourth-order valence-electron chi connectivity index (χ4n) is 1.53. The highest BCUT2D eigenvalue weighted by Gasteiger charge is 2.05. The second kappa shape index (κ2) is 11.7. The van der Waals surface area contributed by atoms with Crippen molar-refractivity contribution in [1.29, 1.82) is 0 Å². The van der Waals surface area contributed by atoms with Crippen LogP contribution >= 0.6 is 24.2 Å². The molecule has 0 atom stereocenters. The molecule has 1 heterocycles. The van der Waals surface area contributed by atoms with E-state index in [-0.39, 0.29) is 18.3 Å².